The highest BCUT2D eigenvalue weighted by Crippen LogP contribution is 2.28. The summed E-state index contributed by atoms with van der Waals surface area (Å²) in [6.45, 7) is 0.689. The molecule has 0 saturated carbocycles. The van der Waals surface area contributed by atoms with Crippen molar-refractivity contribution in [3.05, 3.63) is 54.1 Å². The molecule has 1 aliphatic heterocycles. The molecule has 0 spiro atoms. The largest absolute Gasteiger partial charge is 0.337 e. The maximum atomic E-state index is 14.0. The average Bonchev–Trinajstić information content (AvgIpc) is 2.97. The molecule has 1 aliphatic rings. The number of halogens is 1. The molecular formula is C17H19FN4O3S. The van der Waals surface area contributed by atoms with Gasteiger partial charge in [0.15, 0.2) is 0 Å². The van der Waals surface area contributed by atoms with Crippen LogP contribution in [0.2, 0.25) is 0 Å². The molecule has 138 valence electrons. The van der Waals surface area contributed by atoms with Crippen LogP contribution in [0.3, 0.4) is 0 Å². The van der Waals surface area contributed by atoms with Gasteiger partial charge in [-0.15, -0.1) is 0 Å². The summed E-state index contributed by atoms with van der Waals surface area (Å²) in [7, 11) is -3.37. The van der Waals surface area contributed by atoms with Crippen LogP contribution in [0, 0.1) is 5.82 Å². The smallest absolute Gasteiger partial charge is 0.319 e. The normalized spacial score (nSPS) is 15.7. The molecule has 0 bridgehead atoms. The summed E-state index contributed by atoms with van der Waals surface area (Å²) >= 11 is 0. The van der Waals surface area contributed by atoms with Crippen molar-refractivity contribution in [3.8, 4) is 0 Å². The van der Waals surface area contributed by atoms with Crippen LogP contribution in [0.15, 0.2) is 42.6 Å². The van der Waals surface area contributed by atoms with Gasteiger partial charge in [0, 0.05) is 31.4 Å². The zero-order valence-electron chi connectivity index (χ0n) is 14.0. The Morgan fingerprint density at radius 1 is 1.27 bits per heavy atom. The van der Waals surface area contributed by atoms with Crippen LogP contribution in [0.5, 0.6) is 0 Å². The van der Waals surface area contributed by atoms with Gasteiger partial charge in [-0.2, -0.15) is 0 Å². The van der Waals surface area contributed by atoms with Gasteiger partial charge in [-0.25, -0.2) is 17.6 Å². The number of urea groups is 1. The predicted molar refractivity (Wildman–Crippen MR) is 97.1 cm³/mol. The maximum Gasteiger partial charge on any atom is 0.319 e. The van der Waals surface area contributed by atoms with Gasteiger partial charge in [-0.05, 0) is 36.8 Å². The summed E-state index contributed by atoms with van der Waals surface area (Å²) in [5.41, 5.74) is 1.10. The number of amides is 2. The number of nitrogens with one attached hydrogen (secondary N) is 2. The third kappa shape index (κ3) is 4.29. The van der Waals surface area contributed by atoms with E-state index in [1.54, 1.807) is 12.3 Å². The number of pyridine rings is 1. The standard InChI is InChI=1S/C17H19FN4O3S/c18-15-6-5-14(22-10-3-11-26(22,24)25)12-16(15)21-17(23)20-9-7-13-4-1-2-8-19-13/h1-2,4-6,8,12H,3,7,9-11H2,(H2,20,21,23). The second-order valence-electron chi connectivity index (χ2n) is 5.86. The molecule has 26 heavy (non-hydrogen) atoms. The molecule has 9 heteroatoms. The molecule has 3 rings (SSSR count). The van der Waals surface area contributed by atoms with Crippen molar-refractivity contribution in [1.82, 2.24) is 10.3 Å². The number of rotatable bonds is 5. The van der Waals surface area contributed by atoms with E-state index in [2.05, 4.69) is 15.6 Å². The lowest BCUT2D eigenvalue weighted by Crippen LogP contribution is -2.31. The minimum atomic E-state index is -3.37. The Bertz CT molecular complexity index is 890. The second kappa shape index (κ2) is 7.69. The number of benzene rings is 1. The Morgan fingerprint density at radius 3 is 2.81 bits per heavy atom. The van der Waals surface area contributed by atoms with Crippen LogP contribution in [-0.4, -0.2) is 38.3 Å². The molecule has 0 radical (unpaired) electrons. The van der Waals surface area contributed by atoms with Gasteiger partial charge < -0.3 is 10.6 Å². The van der Waals surface area contributed by atoms with Gasteiger partial charge >= 0.3 is 6.03 Å². The van der Waals surface area contributed by atoms with E-state index in [9.17, 15) is 17.6 Å². The zero-order chi connectivity index (χ0) is 18.6. The Kier molecular flexibility index (Phi) is 5.36. The molecule has 2 heterocycles. The summed E-state index contributed by atoms with van der Waals surface area (Å²) in [4.78, 5) is 16.1. The monoisotopic (exact) mass is 378 g/mol. The van der Waals surface area contributed by atoms with Gasteiger partial charge in [0.1, 0.15) is 5.82 Å². The van der Waals surface area contributed by atoms with Gasteiger partial charge in [0.2, 0.25) is 10.0 Å². The minimum Gasteiger partial charge on any atom is -0.337 e. The summed E-state index contributed by atoms with van der Waals surface area (Å²) in [6, 6.07) is 8.81. The Labute approximate surface area is 151 Å². The van der Waals surface area contributed by atoms with Crippen LogP contribution in [-0.2, 0) is 16.4 Å². The Morgan fingerprint density at radius 2 is 2.12 bits per heavy atom. The number of hydrogen-bond acceptors (Lipinski definition) is 4. The van der Waals surface area contributed by atoms with Gasteiger partial charge in [0.05, 0.1) is 17.1 Å². The molecule has 2 N–H and O–H groups in total. The van der Waals surface area contributed by atoms with Gasteiger partial charge in [0.25, 0.3) is 0 Å². The Hall–Kier alpha value is -2.68. The lowest BCUT2D eigenvalue weighted by Gasteiger charge is -2.18. The number of hydrogen-bond donors (Lipinski definition) is 2. The van der Waals surface area contributed by atoms with Gasteiger partial charge in [-0.1, -0.05) is 6.07 Å². The fraction of sp³-hybridized carbons (Fsp3) is 0.294. The third-order valence-electron chi connectivity index (χ3n) is 3.98. The van der Waals surface area contributed by atoms with Crippen molar-refractivity contribution >= 4 is 27.4 Å². The van der Waals surface area contributed by atoms with E-state index in [0.717, 1.165) is 11.8 Å². The number of sulfonamides is 1. The number of nitrogens with zero attached hydrogens (tertiary/aromatic N) is 2. The summed E-state index contributed by atoms with van der Waals surface area (Å²) in [5, 5.41) is 5.04. The van der Waals surface area contributed by atoms with Crippen molar-refractivity contribution < 1.29 is 17.6 Å². The first-order chi connectivity index (χ1) is 12.5. The molecule has 1 aromatic heterocycles. The van der Waals surface area contributed by atoms with E-state index < -0.39 is 21.9 Å². The fourth-order valence-corrected chi connectivity index (χ4v) is 4.27. The predicted octanol–water partition coefficient (Wildman–Crippen LogP) is 2.12. The van der Waals surface area contributed by atoms with Crippen LogP contribution in [0.1, 0.15) is 12.1 Å². The third-order valence-corrected chi connectivity index (χ3v) is 5.85. The lowest BCUT2D eigenvalue weighted by molar-refractivity contribution is 0.252. The lowest BCUT2D eigenvalue weighted by atomic mass is 10.2. The van der Waals surface area contributed by atoms with E-state index in [4.69, 9.17) is 0 Å². The first-order valence-electron chi connectivity index (χ1n) is 8.20. The van der Waals surface area contributed by atoms with Crippen LogP contribution < -0.4 is 14.9 Å². The van der Waals surface area contributed by atoms with Crippen LogP contribution >= 0.6 is 0 Å². The van der Waals surface area contributed by atoms with Crippen molar-refractivity contribution in [2.45, 2.75) is 12.8 Å². The average molecular weight is 378 g/mol. The number of carbonyl (C=O) groups is 1. The van der Waals surface area contributed by atoms with Crippen LogP contribution in [0.4, 0.5) is 20.6 Å². The molecule has 0 aliphatic carbocycles. The van der Waals surface area contributed by atoms with Crippen molar-refractivity contribution in [2.24, 2.45) is 0 Å². The molecule has 7 nitrogen and oxygen atoms in total. The highest BCUT2D eigenvalue weighted by Gasteiger charge is 2.28. The maximum absolute atomic E-state index is 14.0. The summed E-state index contributed by atoms with van der Waals surface area (Å²) in [6.07, 6.45) is 2.74. The van der Waals surface area contributed by atoms with E-state index in [1.807, 2.05) is 12.1 Å². The van der Waals surface area contributed by atoms with E-state index in [-0.39, 0.29) is 11.4 Å². The minimum absolute atomic E-state index is 0.0695. The molecule has 1 saturated heterocycles. The molecule has 0 atom stereocenters. The highest BCUT2D eigenvalue weighted by molar-refractivity contribution is 7.93. The first-order valence-corrected chi connectivity index (χ1v) is 9.81. The topological polar surface area (TPSA) is 91.4 Å². The SMILES string of the molecule is O=C(NCCc1ccccn1)Nc1cc(N2CCCS2(=O)=O)ccc1F. The number of aromatic nitrogens is 1. The van der Waals surface area contributed by atoms with E-state index in [0.29, 0.717) is 31.6 Å². The molecule has 1 aromatic carbocycles. The van der Waals surface area contributed by atoms with E-state index >= 15 is 0 Å². The molecular weight excluding hydrogens is 359 g/mol. The second-order valence-corrected chi connectivity index (χ2v) is 7.87. The Balaban J connectivity index is 1.62. The molecule has 0 unspecified atom stereocenters. The molecule has 2 amide bonds. The quantitative estimate of drug-likeness (QED) is 0.834. The zero-order valence-corrected chi connectivity index (χ0v) is 14.8. The fourth-order valence-electron chi connectivity index (χ4n) is 2.71. The molecule has 1 fully saturated rings. The summed E-state index contributed by atoms with van der Waals surface area (Å²) in [5.74, 6) is -0.563. The summed E-state index contributed by atoms with van der Waals surface area (Å²) < 4.78 is 39.2. The van der Waals surface area contributed by atoms with Crippen molar-refractivity contribution in [1.29, 1.82) is 0 Å². The number of carbonyl (C=O) groups excluding carboxylic acids is 1. The highest BCUT2D eigenvalue weighted by atomic mass is 32.2. The van der Waals surface area contributed by atoms with Crippen molar-refractivity contribution in [2.75, 3.05) is 28.5 Å². The first kappa shape index (κ1) is 18.1. The molecule has 2 aromatic rings. The van der Waals surface area contributed by atoms with Crippen molar-refractivity contribution in [3.63, 3.8) is 0 Å². The number of anilines is 2. The van der Waals surface area contributed by atoms with Crippen LogP contribution in [0.25, 0.3) is 0 Å². The van der Waals surface area contributed by atoms with E-state index in [1.165, 1.54) is 16.4 Å². The van der Waals surface area contributed by atoms with Gasteiger partial charge in [-0.3, -0.25) is 9.29 Å².